The number of hydrogen-bond acceptors (Lipinski definition) is 7. The molecule has 7 heterocycles. The molecule has 85 heavy (non-hydrogen) atoms. The molecule has 394 valence electrons. The fraction of sp³-hybridized carbons (Fsp3) is 0. The second-order valence-corrected chi connectivity index (χ2v) is 24.0. The molecular formula is C77H44N6S2. The summed E-state index contributed by atoms with van der Waals surface area (Å²) in [5, 5.41) is 11.9. The molecule has 0 fully saturated rings. The van der Waals surface area contributed by atoms with Gasteiger partial charge in [-0.15, -0.1) is 22.7 Å². The number of aromatic nitrogens is 6. The van der Waals surface area contributed by atoms with Crippen LogP contribution in [0, 0.1) is 0 Å². The number of fused-ring (bicyclic) bond motifs is 15. The van der Waals surface area contributed by atoms with Crippen molar-refractivity contribution in [3.63, 3.8) is 0 Å². The van der Waals surface area contributed by atoms with Gasteiger partial charge in [-0.2, -0.15) is 0 Å². The van der Waals surface area contributed by atoms with Crippen LogP contribution in [0.1, 0.15) is 0 Å². The summed E-state index contributed by atoms with van der Waals surface area (Å²) in [5.41, 5.74) is 19.0. The Hall–Kier alpha value is -10.8. The second-order valence-electron chi connectivity index (χ2n) is 21.9. The number of hydrogen-bond donors (Lipinski definition) is 0. The van der Waals surface area contributed by atoms with Crippen molar-refractivity contribution in [2.24, 2.45) is 0 Å². The van der Waals surface area contributed by atoms with E-state index in [0.29, 0.717) is 5.82 Å². The Morgan fingerprint density at radius 3 is 1.59 bits per heavy atom. The Kier molecular flexibility index (Phi) is 10.6. The van der Waals surface area contributed by atoms with Crippen molar-refractivity contribution < 1.29 is 0 Å². The molecule has 0 atom stereocenters. The monoisotopic (exact) mass is 1120 g/mol. The van der Waals surface area contributed by atoms with E-state index < -0.39 is 0 Å². The van der Waals surface area contributed by atoms with Gasteiger partial charge < -0.3 is 4.57 Å². The minimum atomic E-state index is 0.636. The highest BCUT2D eigenvalue weighted by Crippen LogP contribution is 2.49. The summed E-state index contributed by atoms with van der Waals surface area (Å²) in [7, 11) is 0. The molecule has 0 aliphatic heterocycles. The van der Waals surface area contributed by atoms with E-state index in [9.17, 15) is 0 Å². The minimum absolute atomic E-state index is 0.636. The molecule has 0 unspecified atom stereocenters. The van der Waals surface area contributed by atoms with Gasteiger partial charge in [0.25, 0.3) is 0 Å². The minimum Gasteiger partial charge on any atom is -0.309 e. The summed E-state index contributed by atoms with van der Waals surface area (Å²) in [6, 6.07) is 91.9. The lowest BCUT2D eigenvalue weighted by Gasteiger charge is -2.13. The smallest absolute Gasteiger partial charge is 0.160 e. The van der Waals surface area contributed by atoms with E-state index >= 15 is 0 Å². The summed E-state index contributed by atoms with van der Waals surface area (Å²) < 4.78 is 7.17. The fourth-order valence-electron chi connectivity index (χ4n) is 13.1. The summed E-state index contributed by atoms with van der Waals surface area (Å²) in [6.07, 6.45) is 3.60. The molecular weight excluding hydrogens is 1070 g/mol. The third kappa shape index (κ3) is 7.59. The van der Waals surface area contributed by atoms with E-state index in [4.69, 9.17) is 19.9 Å². The van der Waals surface area contributed by atoms with Gasteiger partial charge in [-0.3, -0.25) is 4.98 Å². The maximum atomic E-state index is 5.59. The molecule has 6 nitrogen and oxygen atoms in total. The molecule has 18 aromatic rings. The Labute approximate surface area is 494 Å². The molecule has 0 amide bonds. The highest BCUT2D eigenvalue weighted by Gasteiger charge is 2.23. The second kappa shape index (κ2) is 18.9. The van der Waals surface area contributed by atoms with Gasteiger partial charge in [-0.25, -0.2) is 19.9 Å². The van der Waals surface area contributed by atoms with Crippen LogP contribution in [0.15, 0.2) is 267 Å². The lowest BCUT2D eigenvalue weighted by molar-refractivity contribution is 1.18. The fourth-order valence-corrected chi connectivity index (χ4v) is 15.5. The molecule has 0 saturated carbocycles. The quantitative estimate of drug-likeness (QED) is 0.149. The van der Waals surface area contributed by atoms with Gasteiger partial charge >= 0.3 is 0 Å². The van der Waals surface area contributed by atoms with Crippen LogP contribution in [0.4, 0.5) is 0 Å². The lowest BCUT2D eigenvalue weighted by Crippen LogP contribution is -1.96. The number of nitrogens with zero attached hydrogens (tertiary/aromatic N) is 6. The van der Waals surface area contributed by atoms with E-state index in [2.05, 4.69) is 252 Å². The predicted octanol–water partition coefficient (Wildman–Crippen LogP) is 21.1. The zero-order valence-corrected chi connectivity index (χ0v) is 47.0. The van der Waals surface area contributed by atoms with Crippen molar-refractivity contribution in [1.29, 1.82) is 0 Å². The SMILES string of the molecule is c1ccc(-n2c3ccccc3c3cc(-c4c5sc6ccc(-c7cccc(-c8cc(-c9ccc(-c%10c%11sc%12ccccc%12c%11nc%11ccc%12ccccc%12c%10%11)cc9)nc(-c9ccncc9)n8)c7)cc6c5nc5ccc6ccccc6c45)ccc32)cc1. The zero-order chi connectivity index (χ0) is 55.7. The maximum absolute atomic E-state index is 5.59. The topological polar surface area (TPSA) is 69.4 Å². The van der Waals surface area contributed by atoms with Crippen molar-refractivity contribution in [3.8, 4) is 73.0 Å². The van der Waals surface area contributed by atoms with Crippen molar-refractivity contribution in [2.45, 2.75) is 0 Å². The Balaban J connectivity index is 0.768. The van der Waals surface area contributed by atoms with Crippen LogP contribution in [-0.2, 0) is 0 Å². The summed E-state index contributed by atoms with van der Waals surface area (Å²) >= 11 is 3.65. The number of benzene rings is 11. The van der Waals surface area contributed by atoms with Crippen molar-refractivity contribution in [1.82, 2.24) is 29.5 Å². The van der Waals surface area contributed by atoms with Crippen LogP contribution in [0.3, 0.4) is 0 Å². The normalized spacial score (nSPS) is 12.0. The predicted molar refractivity (Wildman–Crippen MR) is 358 cm³/mol. The van der Waals surface area contributed by atoms with E-state index in [0.717, 1.165) is 77.9 Å². The molecule has 0 spiro atoms. The van der Waals surface area contributed by atoms with Gasteiger partial charge in [0.15, 0.2) is 5.82 Å². The molecule has 0 saturated heterocycles. The highest BCUT2D eigenvalue weighted by atomic mass is 32.1. The van der Waals surface area contributed by atoms with Gasteiger partial charge in [0.05, 0.1) is 53.9 Å². The third-order valence-corrected chi connectivity index (χ3v) is 19.4. The number of rotatable bonds is 7. The van der Waals surface area contributed by atoms with Crippen molar-refractivity contribution in [2.75, 3.05) is 0 Å². The van der Waals surface area contributed by atoms with Crippen LogP contribution in [0.5, 0.6) is 0 Å². The molecule has 0 aliphatic carbocycles. The molecule has 8 heteroatoms. The molecule has 18 rings (SSSR count). The van der Waals surface area contributed by atoms with Crippen LogP contribution < -0.4 is 0 Å². The Bertz CT molecular complexity index is 5790. The third-order valence-electron chi connectivity index (χ3n) is 17.1. The zero-order valence-electron chi connectivity index (χ0n) is 45.4. The number of thiophene rings is 2. The van der Waals surface area contributed by atoms with Gasteiger partial charge in [0.2, 0.25) is 0 Å². The Morgan fingerprint density at radius 2 is 0.847 bits per heavy atom. The highest BCUT2D eigenvalue weighted by molar-refractivity contribution is 7.26. The average molecular weight is 1120 g/mol. The largest absolute Gasteiger partial charge is 0.309 e. The van der Waals surface area contributed by atoms with E-state index in [1.165, 1.54) is 95.0 Å². The van der Waals surface area contributed by atoms with E-state index in [1.54, 1.807) is 12.4 Å². The van der Waals surface area contributed by atoms with Crippen LogP contribution in [0.25, 0.3) is 179 Å². The molecule has 7 aromatic heterocycles. The lowest BCUT2D eigenvalue weighted by atomic mass is 9.94. The standard InChI is InChI=1S/C77H44N6S2/c1-2-17-54(18-3-1)83-65-23-10-8-21-57(65)59-43-53(31-35-66(59)83)70-72-56-20-7-5-14-46(56)30-34-62(72)80-74-60-42-51(32-36-68(60)85-76(70)74)50-15-12-16-52(41-50)64-44-63(81-77(82-64)49-37-39-78-40-38-49)47-25-27-48(28-26-47)69-71-55-19-6-4-13-45(55)29-33-61(71)79-73-58-22-9-11-24-67(58)84-75(69)73/h1-44H. The number of para-hydroxylation sites is 2. The maximum Gasteiger partial charge on any atom is 0.160 e. The summed E-state index contributed by atoms with van der Waals surface area (Å²) in [5.74, 6) is 0.636. The van der Waals surface area contributed by atoms with Gasteiger partial charge in [-0.05, 0) is 129 Å². The average Bonchev–Trinajstić information content (AvgIpc) is 2.31. The van der Waals surface area contributed by atoms with E-state index in [1.807, 2.05) is 34.8 Å². The van der Waals surface area contributed by atoms with Gasteiger partial charge in [-0.1, -0.05) is 170 Å². The Morgan fingerprint density at radius 1 is 0.306 bits per heavy atom. The first kappa shape index (κ1) is 47.8. The van der Waals surface area contributed by atoms with Gasteiger partial charge in [0.1, 0.15) is 0 Å². The van der Waals surface area contributed by atoms with E-state index in [-0.39, 0.29) is 0 Å². The molecule has 0 radical (unpaired) electrons. The van der Waals surface area contributed by atoms with Gasteiger partial charge in [0, 0.05) is 87.6 Å². The van der Waals surface area contributed by atoms with Crippen LogP contribution >= 0.6 is 22.7 Å². The molecule has 0 N–H and O–H groups in total. The summed E-state index contributed by atoms with van der Waals surface area (Å²) in [6.45, 7) is 0. The van der Waals surface area contributed by atoms with Crippen molar-refractivity contribution in [3.05, 3.63) is 267 Å². The molecule has 0 bridgehead atoms. The van der Waals surface area contributed by atoms with Crippen molar-refractivity contribution >= 4 is 128 Å². The number of pyridine rings is 3. The first-order chi connectivity index (χ1) is 42.1. The first-order valence-electron chi connectivity index (χ1n) is 28.5. The van der Waals surface area contributed by atoms with Crippen LogP contribution in [-0.4, -0.2) is 29.5 Å². The molecule has 11 aromatic carbocycles. The molecule has 0 aliphatic rings. The first-order valence-corrected chi connectivity index (χ1v) is 30.2. The van der Waals surface area contributed by atoms with Crippen LogP contribution in [0.2, 0.25) is 0 Å². The summed E-state index contributed by atoms with van der Waals surface area (Å²) in [4.78, 5) is 25.8.